The van der Waals surface area contributed by atoms with E-state index in [4.69, 9.17) is 5.73 Å². The average molecular weight is 546 g/mol. The summed E-state index contributed by atoms with van der Waals surface area (Å²) in [5, 5.41) is -0.376. The van der Waals surface area contributed by atoms with Crippen LogP contribution < -0.4 is 15.4 Å². The van der Waals surface area contributed by atoms with Crippen LogP contribution in [-0.4, -0.2) is 43.7 Å². The molecule has 0 unspecified atom stereocenters. The van der Waals surface area contributed by atoms with Crippen molar-refractivity contribution in [1.82, 2.24) is 9.97 Å². The van der Waals surface area contributed by atoms with Gasteiger partial charge in [-0.3, -0.25) is 4.72 Å². The van der Waals surface area contributed by atoms with Crippen LogP contribution in [0, 0.1) is 6.92 Å². The molecule has 4 rings (SSSR count). The smallest absolute Gasteiger partial charge is 0.354 e. The highest BCUT2D eigenvalue weighted by atomic mass is 35.5. The van der Waals surface area contributed by atoms with Gasteiger partial charge < -0.3 is 10.6 Å². The Hall–Kier alpha value is -2.96. The van der Waals surface area contributed by atoms with Gasteiger partial charge in [-0.2, -0.15) is 21.6 Å². The van der Waals surface area contributed by atoms with Gasteiger partial charge in [0.1, 0.15) is 17.8 Å². The third-order valence-corrected chi connectivity index (χ3v) is 7.00. The minimum atomic E-state index is -4.69. The molecule has 1 aromatic carbocycles. The number of aromatic nitrogens is 2. The second-order valence-electron chi connectivity index (χ2n) is 8.26. The molecule has 2 aromatic heterocycles. The van der Waals surface area contributed by atoms with E-state index in [9.17, 15) is 26.0 Å². The molecule has 3 aromatic rings. The maximum Gasteiger partial charge on any atom is 0.418 e. The highest BCUT2D eigenvalue weighted by Crippen LogP contribution is 2.38. The van der Waals surface area contributed by atoms with Crippen LogP contribution in [0.1, 0.15) is 17.5 Å². The van der Waals surface area contributed by atoms with Crippen molar-refractivity contribution in [1.29, 1.82) is 0 Å². The number of nitrogens with two attached hydrogens (primary N) is 1. The third kappa shape index (κ3) is 5.88. The Morgan fingerprint density at radius 1 is 1.06 bits per heavy atom. The maximum absolute atomic E-state index is 14.0. The summed E-state index contributed by atoms with van der Waals surface area (Å²) in [6.45, 7) is 2.02. The van der Waals surface area contributed by atoms with Crippen molar-refractivity contribution in [3.05, 3.63) is 65.7 Å². The van der Waals surface area contributed by atoms with E-state index < -0.39 is 39.7 Å². The number of pyridine rings is 2. The summed E-state index contributed by atoms with van der Waals surface area (Å²) in [6.07, 6.45) is -5.58. The lowest BCUT2D eigenvalue weighted by molar-refractivity contribution is -0.137. The van der Waals surface area contributed by atoms with Crippen LogP contribution in [0.3, 0.4) is 0 Å². The van der Waals surface area contributed by atoms with Crippen molar-refractivity contribution < 1.29 is 26.0 Å². The van der Waals surface area contributed by atoms with Crippen molar-refractivity contribution in [2.24, 2.45) is 5.73 Å². The molecule has 0 radical (unpaired) electrons. The monoisotopic (exact) mass is 545 g/mol. The number of hydrogen-bond acceptors (Lipinski definition) is 6. The SMILES string of the molecule is Cc1ccccc1-c1nc(NS(=O)(=O)c2cccc(N3CC[C@@H](N)[C@@H](F)C3)n2)ccc1C(F)(F)F.Cl. The number of anilines is 2. The Morgan fingerprint density at radius 2 is 1.78 bits per heavy atom. The molecule has 2 atom stereocenters. The van der Waals surface area contributed by atoms with Crippen molar-refractivity contribution in [3.63, 3.8) is 0 Å². The fourth-order valence-corrected chi connectivity index (χ4v) is 4.80. The molecule has 0 aliphatic carbocycles. The van der Waals surface area contributed by atoms with Gasteiger partial charge in [0.25, 0.3) is 10.0 Å². The molecule has 1 saturated heterocycles. The summed E-state index contributed by atoms with van der Waals surface area (Å²) in [6, 6.07) is 11.8. The molecular formula is C23H24ClF4N5O2S. The van der Waals surface area contributed by atoms with Gasteiger partial charge in [-0.15, -0.1) is 12.4 Å². The van der Waals surface area contributed by atoms with Gasteiger partial charge in [0, 0.05) is 18.2 Å². The predicted octanol–water partition coefficient (Wildman–Crippen LogP) is 4.57. The number of nitrogens with one attached hydrogen (secondary N) is 1. The molecule has 0 saturated carbocycles. The predicted molar refractivity (Wildman–Crippen MR) is 131 cm³/mol. The minimum Gasteiger partial charge on any atom is -0.354 e. The molecule has 1 aliphatic rings. The number of piperidine rings is 1. The van der Waals surface area contributed by atoms with Gasteiger partial charge in [-0.25, -0.2) is 14.4 Å². The normalized spacial score (nSPS) is 18.4. The van der Waals surface area contributed by atoms with Gasteiger partial charge in [-0.05, 0) is 43.2 Å². The highest BCUT2D eigenvalue weighted by Gasteiger charge is 2.35. The standard InChI is InChI=1S/C23H23F4N5O2S.ClH/c1-14-5-2-3-6-15(14)22-16(23(25,26)27)9-10-19(29-22)31-35(33,34)21-8-4-7-20(30-21)32-12-11-18(28)17(24)13-32;/h2-10,17-18H,11-13,28H2,1H3,(H,29,31);1H/t17-,18+;/m0./s1. The van der Waals surface area contributed by atoms with E-state index >= 15 is 0 Å². The molecule has 0 bridgehead atoms. The number of rotatable bonds is 5. The van der Waals surface area contributed by atoms with Crippen LogP contribution in [0.2, 0.25) is 0 Å². The zero-order valence-corrected chi connectivity index (χ0v) is 20.7. The van der Waals surface area contributed by atoms with E-state index in [0.29, 0.717) is 18.5 Å². The lowest BCUT2D eigenvalue weighted by Gasteiger charge is -2.33. The minimum absolute atomic E-state index is 0. The Morgan fingerprint density at radius 3 is 2.44 bits per heavy atom. The molecule has 1 aliphatic heterocycles. The molecule has 36 heavy (non-hydrogen) atoms. The number of nitrogens with zero attached hydrogens (tertiary/aromatic N) is 3. The number of halogens is 5. The first-order chi connectivity index (χ1) is 16.5. The number of sulfonamides is 1. The van der Waals surface area contributed by atoms with Gasteiger partial charge in [0.15, 0.2) is 5.03 Å². The second kappa shape index (κ2) is 10.6. The largest absolute Gasteiger partial charge is 0.418 e. The van der Waals surface area contributed by atoms with Crippen LogP contribution in [-0.2, 0) is 16.2 Å². The molecule has 7 nitrogen and oxygen atoms in total. The van der Waals surface area contributed by atoms with Crippen molar-refractivity contribution in [2.75, 3.05) is 22.7 Å². The van der Waals surface area contributed by atoms with Crippen LogP contribution >= 0.6 is 12.4 Å². The zero-order chi connectivity index (χ0) is 25.4. The number of hydrogen-bond donors (Lipinski definition) is 2. The molecule has 0 amide bonds. The van der Waals surface area contributed by atoms with E-state index in [1.807, 2.05) is 0 Å². The Labute approximate surface area is 212 Å². The summed E-state index contributed by atoms with van der Waals surface area (Å²) < 4.78 is 83.2. The fourth-order valence-electron chi connectivity index (χ4n) is 3.84. The molecule has 13 heteroatoms. The summed E-state index contributed by atoms with van der Waals surface area (Å²) in [5.41, 5.74) is 5.10. The van der Waals surface area contributed by atoms with Gasteiger partial charge in [0.05, 0.1) is 17.8 Å². The first-order valence-electron chi connectivity index (χ1n) is 10.7. The van der Waals surface area contributed by atoms with Crippen molar-refractivity contribution >= 4 is 34.1 Å². The van der Waals surface area contributed by atoms with E-state index in [1.165, 1.54) is 18.2 Å². The topological polar surface area (TPSA) is 101 Å². The van der Waals surface area contributed by atoms with Gasteiger partial charge >= 0.3 is 6.18 Å². The van der Waals surface area contributed by atoms with Crippen LogP contribution in [0.25, 0.3) is 11.3 Å². The molecule has 3 heterocycles. The maximum atomic E-state index is 14.0. The first-order valence-corrected chi connectivity index (χ1v) is 12.2. The van der Waals surface area contributed by atoms with Crippen LogP contribution in [0.15, 0.2) is 59.6 Å². The molecule has 3 N–H and O–H groups in total. The van der Waals surface area contributed by atoms with E-state index in [-0.39, 0.29) is 41.2 Å². The molecule has 194 valence electrons. The van der Waals surface area contributed by atoms with Gasteiger partial charge in [0.2, 0.25) is 0 Å². The fraction of sp³-hybridized carbons (Fsp3) is 0.304. The van der Waals surface area contributed by atoms with Crippen LogP contribution in [0.4, 0.5) is 29.2 Å². The highest BCUT2D eigenvalue weighted by molar-refractivity contribution is 7.92. The molecular weight excluding hydrogens is 522 g/mol. The molecule has 1 fully saturated rings. The van der Waals surface area contributed by atoms with E-state index in [2.05, 4.69) is 14.7 Å². The van der Waals surface area contributed by atoms with E-state index in [0.717, 1.165) is 12.1 Å². The summed E-state index contributed by atoms with van der Waals surface area (Å²) in [5.74, 6) is -0.0420. The Bertz CT molecular complexity index is 1340. The second-order valence-corrected chi connectivity index (χ2v) is 9.89. The van der Waals surface area contributed by atoms with Crippen molar-refractivity contribution in [3.8, 4) is 11.3 Å². The Kier molecular flexibility index (Phi) is 8.11. The summed E-state index contributed by atoms with van der Waals surface area (Å²) in [7, 11) is -4.31. The number of benzene rings is 1. The zero-order valence-electron chi connectivity index (χ0n) is 19.0. The number of aryl methyl sites for hydroxylation is 1. The summed E-state index contributed by atoms with van der Waals surface area (Å²) in [4.78, 5) is 9.73. The van der Waals surface area contributed by atoms with Crippen LogP contribution in [0.5, 0.6) is 0 Å². The summed E-state index contributed by atoms with van der Waals surface area (Å²) >= 11 is 0. The molecule has 0 spiro atoms. The Balaban J connectivity index is 0.00000361. The van der Waals surface area contributed by atoms with Gasteiger partial charge in [-0.1, -0.05) is 30.3 Å². The first kappa shape index (κ1) is 27.6. The van der Waals surface area contributed by atoms with E-state index in [1.54, 1.807) is 36.1 Å². The third-order valence-electron chi connectivity index (χ3n) is 5.74. The lowest BCUT2D eigenvalue weighted by atomic mass is 10.0. The number of alkyl halides is 4. The quantitative estimate of drug-likeness (QED) is 0.456. The average Bonchev–Trinajstić information content (AvgIpc) is 2.80. The van der Waals surface area contributed by atoms with Crippen molar-refractivity contribution in [2.45, 2.75) is 36.8 Å². The lowest BCUT2D eigenvalue weighted by Crippen LogP contribution is -2.48.